The molecule has 0 fully saturated rings. The van der Waals surface area contributed by atoms with E-state index in [1.807, 2.05) is 0 Å². The fourth-order valence-electron chi connectivity index (χ4n) is 2.02. The van der Waals surface area contributed by atoms with Crippen LogP contribution in [0.2, 0.25) is 5.02 Å². The molecule has 25 heavy (non-hydrogen) atoms. The van der Waals surface area contributed by atoms with E-state index in [2.05, 4.69) is 10.3 Å². The Hall–Kier alpha value is -2.32. The maximum Gasteiger partial charge on any atom is 0.345 e. The first-order chi connectivity index (χ1) is 12.0. The molecule has 1 aromatic heterocycles. The number of nitrogens with zero attached hydrogens (tertiary/aromatic N) is 2. The number of hydrogen-bond acceptors (Lipinski definition) is 6. The van der Waals surface area contributed by atoms with Crippen molar-refractivity contribution in [2.24, 2.45) is 0 Å². The topological polar surface area (TPSA) is 90.3 Å². The molecule has 0 bridgehead atoms. The van der Waals surface area contributed by atoms with Gasteiger partial charge in [0.25, 0.3) is 5.56 Å². The summed E-state index contributed by atoms with van der Waals surface area (Å²) in [4.78, 5) is 40.7. The normalized spacial score (nSPS) is 10.4. The molecule has 0 saturated carbocycles. The molecule has 7 nitrogen and oxygen atoms in total. The van der Waals surface area contributed by atoms with Crippen LogP contribution < -0.4 is 10.9 Å². The van der Waals surface area contributed by atoms with Crippen LogP contribution in [0.5, 0.6) is 0 Å². The Bertz CT molecular complexity index is 854. The highest BCUT2D eigenvalue weighted by molar-refractivity contribution is 7.98. The summed E-state index contributed by atoms with van der Waals surface area (Å²) < 4.78 is 5.96. The number of rotatable bonds is 6. The number of anilines is 1. The van der Waals surface area contributed by atoms with Gasteiger partial charge >= 0.3 is 5.97 Å². The van der Waals surface area contributed by atoms with Crippen molar-refractivity contribution >= 4 is 40.9 Å². The van der Waals surface area contributed by atoms with Gasteiger partial charge in [0.2, 0.25) is 5.91 Å². The number of benzene rings is 1. The monoisotopic (exact) mass is 381 g/mol. The van der Waals surface area contributed by atoms with Gasteiger partial charge in [-0.1, -0.05) is 35.5 Å². The second-order valence-corrected chi connectivity index (χ2v) is 5.98. The number of ether oxygens (including phenoxy) is 1. The summed E-state index contributed by atoms with van der Waals surface area (Å²) in [6.45, 7) is 1.47. The van der Waals surface area contributed by atoms with Crippen molar-refractivity contribution in [3.8, 4) is 0 Å². The van der Waals surface area contributed by atoms with Gasteiger partial charge in [-0.3, -0.25) is 14.2 Å². The summed E-state index contributed by atoms with van der Waals surface area (Å²) in [5, 5.41) is 3.32. The lowest BCUT2D eigenvalue weighted by Crippen LogP contribution is -2.33. The third-order valence-corrected chi connectivity index (χ3v) is 4.16. The molecule has 1 amide bonds. The van der Waals surface area contributed by atoms with Crippen LogP contribution in [0, 0.1) is 0 Å². The number of esters is 1. The number of carbonyl (C=O) groups excluding carboxylic acids is 2. The fraction of sp³-hybridized carbons (Fsp3) is 0.250. The fourth-order valence-corrected chi connectivity index (χ4v) is 2.73. The Kier molecular flexibility index (Phi) is 6.60. The van der Waals surface area contributed by atoms with Crippen LogP contribution in [0.25, 0.3) is 0 Å². The molecule has 1 N–H and O–H groups in total. The van der Waals surface area contributed by atoms with Crippen LogP contribution in [0.15, 0.2) is 40.4 Å². The van der Waals surface area contributed by atoms with Gasteiger partial charge in [-0.05, 0) is 25.3 Å². The first-order valence-corrected chi connectivity index (χ1v) is 8.93. The number of carbonyl (C=O) groups is 2. The zero-order valence-electron chi connectivity index (χ0n) is 13.6. The molecular weight excluding hydrogens is 366 g/mol. The lowest BCUT2D eigenvalue weighted by Gasteiger charge is -2.12. The molecule has 0 saturated heterocycles. The molecule has 0 unspecified atom stereocenters. The number of amides is 1. The van der Waals surface area contributed by atoms with E-state index in [1.54, 1.807) is 37.4 Å². The molecule has 132 valence electrons. The highest BCUT2D eigenvalue weighted by Gasteiger charge is 2.19. The quantitative estimate of drug-likeness (QED) is 0.469. The summed E-state index contributed by atoms with van der Waals surface area (Å²) in [5.74, 6) is -1.23. The van der Waals surface area contributed by atoms with E-state index >= 15 is 0 Å². The third-order valence-electron chi connectivity index (χ3n) is 3.14. The van der Waals surface area contributed by atoms with E-state index in [-0.39, 0.29) is 18.7 Å². The van der Waals surface area contributed by atoms with Crippen LogP contribution in [0.1, 0.15) is 17.3 Å². The van der Waals surface area contributed by atoms with Crippen LogP contribution in [-0.2, 0) is 16.1 Å². The molecule has 0 spiro atoms. The molecule has 1 heterocycles. The Morgan fingerprint density at radius 1 is 1.36 bits per heavy atom. The zero-order chi connectivity index (χ0) is 18.4. The largest absolute Gasteiger partial charge is 0.462 e. The smallest absolute Gasteiger partial charge is 0.345 e. The number of halogens is 1. The number of aromatic nitrogens is 2. The van der Waals surface area contributed by atoms with Gasteiger partial charge in [-0.2, -0.15) is 0 Å². The molecule has 0 aliphatic heterocycles. The Morgan fingerprint density at radius 3 is 2.72 bits per heavy atom. The molecule has 9 heteroatoms. The van der Waals surface area contributed by atoms with E-state index in [0.29, 0.717) is 15.9 Å². The van der Waals surface area contributed by atoms with Gasteiger partial charge in [0, 0.05) is 0 Å². The summed E-state index contributed by atoms with van der Waals surface area (Å²) in [7, 11) is 0. The van der Waals surface area contributed by atoms with E-state index in [9.17, 15) is 14.4 Å². The molecule has 0 aliphatic rings. The summed E-state index contributed by atoms with van der Waals surface area (Å²) in [6.07, 6.45) is 2.88. The number of para-hydroxylation sites is 1. The molecule has 0 aliphatic carbocycles. The number of nitrogens with one attached hydrogen (secondary N) is 1. The van der Waals surface area contributed by atoms with Gasteiger partial charge in [0.05, 0.1) is 23.5 Å². The highest BCUT2D eigenvalue weighted by atomic mass is 35.5. The van der Waals surface area contributed by atoms with E-state index in [4.69, 9.17) is 16.3 Å². The van der Waals surface area contributed by atoms with Crippen molar-refractivity contribution in [2.45, 2.75) is 18.6 Å². The SMILES string of the molecule is CCOC(=O)c1cnc(SC)n(CC(=O)Nc2ccccc2Cl)c1=O. The molecular formula is C16H16ClN3O4S. The van der Waals surface area contributed by atoms with Gasteiger partial charge in [-0.25, -0.2) is 9.78 Å². The zero-order valence-corrected chi connectivity index (χ0v) is 15.2. The molecule has 2 rings (SSSR count). The van der Waals surface area contributed by atoms with Gasteiger partial charge in [0.1, 0.15) is 12.1 Å². The maximum absolute atomic E-state index is 12.5. The van der Waals surface area contributed by atoms with E-state index in [0.717, 1.165) is 10.8 Å². The average molecular weight is 382 g/mol. The predicted octanol–water partition coefficient (Wildman–Crippen LogP) is 2.43. The second kappa shape index (κ2) is 8.68. The third kappa shape index (κ3) is 4.61. The van der Waals surface area contributed by atoms with Gasteiger partial charge in [-0.15, -0.1) is 0 Å². The van der Waals surface area contributed by atoms with E-state index < -0.39 is 17.4 Å². The van der Waals surface area contributed by atoms with E-state index in [1.165, 1.54) is 11.8 Å². The Labute approximate surface area is 153 Å². The predicted molar refractivity (Wildman–Crippen MR) is 96.3 cm³/mol. The summed E-state index contributed by atoms with van der Waals surface area (Å²) >= 11 is 7.19. The minimum Gasteiger partial charge on any atom is -0.462 e. The van der Waals surface area contributed by atoms with Crippen molar-refractivity contribution in [1.82, 2.24) is 9.55 Å². The van der Waals surface area contributed by atoms with Crippen LogP contribution in [0.4, 0.5) is 5.69 Å². The Balaban J connectivity index is 2.29. The minimum absolute atomic E-state index is 0.134. The van der Waals surface area contributed by atoms with Crippen molar-refractivity contribution < 1.29 is 14.3 Å². The minimum atomic E-state index is -0.770. The first-order valence-electron chi connectivity index (χ1n) is 7.33. The van der Waals surface area contributed by atoms with Crippen molar-refractivity contribution in [3.63, 3.8) is 0 Å². The molecule has 2 aromatic rings. The lowest BCUT2D eigenvalue weighted by molar-refractivity contribution is -0.116. The maximum atomic E-state index is 12.5. The lowest BCUT2D eigenvalue weighted by atomic mass is 10.3. The van der Waals surface area contributed by atoms with Crippen LogP contribution >= 0.6 is 23.4 Å². The van der Waals surface area contributed by atoms with Crippen LogP contribution in [0.3, 0.4) is 0 Å². The number of hydrogen-bond donors (Lipinski definition) is 1. The molecule has 1 aromatic carbocycles. The highest BCUT2D eigenvalue weighted by Crippen LogP contribution is 2.20. The second-order valence-electron chi connectivity index (χ2n) is 4.80. The first kappa shape index (κ1) is 19.0. The van der Waals surface area contributed by atoms with Crippen molar-refractivity contribution in [2.75, 3.05) is 18.2 Å². The molecule has 0 radical (unpaired) electrons. The van der Waals surface area contributed by atoms with Crippen molar-refractivity contribution in [1.29, 1.82) is 0 Å². The average Bonchev–Trinajstić information content (AvgIpc) is 2.58. The van der Waals surface area contributed by atoms with Crippen molar-refractivity contribution in [3.05, 3.63) is 51.4 Å². The summed E-state index contributed by atoms with van der Waals surface area (Å²) in [6, 6.07) is 6.75. The Morgan fingerprint density at radius 2 is 2.08 bits per heavy atom. The summed E-state index contributed by atoms with van der Waals surface area (Å²) in [5.41, 5.74) is -0.417. The van der Waals surface area contributed by atoms with Crippen LogP contribution in [-0.4, -0.2) is 34.3 Å². The standard InChI is InChI=1S/C16H16ClN3O4S/c1-3-24-15(23)10-8-18-16(25-2)20(14(10)22)9-13(21)19-12-7-5-4-6-11(12)17/h4-8H,3,9H2,1-2H3,(H,19,21). The van der Waals surface area contributed by atoms with Gasteiger partial charge in [0.15, 0.2) is 5.16 Å². The molecule has 0 atom stereocenters. The van der Waals surface area contributed by atoms with Gasteiger partial charge < -0.3 is 10.1 Å². The number of thioether (sulfide) groups is 1.